The SMILES string of the molecule is C=C(Cl)CCC(F)=C(F)F. The first-order valence-electron chi connectivity index (χ1n) is 2.57. The van der Waals surface area contributed by atoms with Crippen LogP contribution in [0.5, 0.6) is 0 Å². The molecule has 0 atom stereocenters. The van der Waals surface area contributed by atoms with Crippen molar-refractivity contribution in [3.05, 3.63) is 23.5 Å². The van der Waals surface area contributed by atoms with Crippen molar-refractivity contribution >= 4 is 11.6 Å². The van der Waals surface area contributed by atoms with Crippen molar-refractivity contribution in [3.8, 4) is 0 Å². The van der Waals surface area contributed by atoms with Crippen LogP contribution >= 0.6 is 11.6 Å². The molecule has 0 bridgehead atoms. The van der Waals surface area contributed by atoms with Gasteiger partial charge in [0.05, 0.1) is 0 Å². The summed E-state index contributed by atoms with van der Waals surface area (Å²) in [5.41, 5.74) is 0. The smallest absolute Gasteiger partial charge is 0.206 e. The number of hydrogen-bond acceptors (Lipinski definition) is 0. The summed E-state index contributed by atoms with van der Waals surface area (Å²) in [6.07, 6.45) is -2.60. The maximum absolute atomic E-state index is 11.9. The van der Waals surface area contributed by atoms with Gasteiger partial charge in [0.1, 0.15) is 0 Å². The lowest BCUT2D eigenvalue weighted by atomic mass is 10.3. The maximum Gasteiger partial charge on any atom is 0.301 e. The fourth-order valence-corrected chi connectivity index (χ4v) is 0.434. The molecule has 0 aromatic heterocycles. The molecule has 0 aliphatic heterocycles. The Morgan fingerprint density at radius 1 is 1.20 bits per heavy atom. The molecular weight excluding hydrogens is 165 g/mol. The van der Waals surface area contributed by atoms with E-state index in [2.05, 4.69) is 6.58 Å². The first-order chi connectivity index (χ1) is 4.54. The lowest BCUT2D eigenvalue weighted by molar-refractivity contribution is 0.370. The zero-order valence-electron chi connectivity index (χ0n) is 5.13. The molecule has 0 N–H and O–H groups in total. The Labute approximate surface area is 62.0 Å². The largest absolute Gasteiger partial charge is 0.301 e. The summed E-state index contributed by atoms with van der Waals surface area (Å²) in [6, 6.07) is 0. The van der Waals surface area contributed by atoms with Gasteiger partial charge >= 0.3 is 6.08 Å². The van der Waals surface area contributed by atoms with Crippen LogP contribution in [0.25, 0.3) is 0 Å². The van der Waals surface area contributed by atoms with E-state index in [4.69, 9.17) is 11.6 Å². The van der Waals surface area contributed by atoms with E-state index in [9.17, 15) is 13.2 Å². The molecule has 0 aliphatic carbocycles. The number of allylic oxidation sites excluding steroid dienone is 2. The topological polar surface area (TPSA) is 0 Å². The average Bonchev–Trinajstić information content (AvgIpc) is 1.82. The van der Waals surface area contributed by atoms with Crippen molar-refractivity contribution in [1.29, 1.82) is 0 Å². The Balaban J connectivity index is 3.71. The monoisotopic (exact) mass is 170 g/mol. The van der Waals surface area contributed by atoms with Crippen LogP contribution in [-0.4, -0.2) is 0 Å². The van der Waals surface area contributed by atoms with Gasteiger partial charge in [-0.1, -0.05) is 18.2 Å². The van der Waals surface area contributed by atoms with Crippen LogP contribution in [0, 0.1) is 0 Å². The second-order valence-electron chi connectivity index (χ2n) is 1.68. The fourth-order valence-electron chi connectivity index (χ4n) is 0.340. The summed E-state index contributed by atoms with van der Waals surface area (Å²) in [6.45, 7) is 3.22. The van der Waals surface area contributed by atoms with E-state index in [0.717, 1.165) is 0 Å². The van der Waals surface area contributed by atoms with Gasteiger partial charge < -0.3 is 0 Å². The molecule has 0 spiro atoms. The van der Waals surface area contributed by atoms with Gasteiger partial charge in [0.15, 0.2) is 5.83 Å². The molecule has 0 heterocycles. The minimum absolute atomic E-state index is 0.0464. The highest BCUT2D eigenvalue weighted by molar-refractivity contribution is 6.29. The van der Waals surface area contributed by atoms with Gasteiger partial charge in [-0.15, -0.1) is 0 Å². The zero-order chi connectivity index (χ0) is 8.15. The van der Waals surface area contributed by atoms with Gasteiger partial charge in [-0.2, -0.15) is 8.78 Å². The highest BCUT2D eigenvalue weighted by atomic mass is 35.5. The average molecular weight is 171 g/mol. The summed E-state index contributed by atoms with van der Waals surface area (Å²) in [7, 11) is 0. The third-order valence-electron chi connectivity index (χ3n) is 0.821. The van der Waals surface area contributed by atoms with E-state index in [1.807, 2.05) is 0 Å². The molecule has 0 unspecified atom stereocenters. The van der Waals surface area contributed by atoms with E-state index >= 15 is 0 Å². The molecule has 0 nitrogen and oxygen atoms in total. The molecule has 0 saturated heterocycles. The summed E-state index contributed by atoms with van der Waals surface area (Å²) >= 11 is 5.20. The van der Waals surface area contributed by atoms with Crippen LogP contribution in [0.15, 0.2) is 23.5 Å². The van der Waals surface area contributed by atoms with Crippen molar-refractivity contribution < 1.29 is 13.2 Å². The van der Waals surface area contributed by atoms with Crippen LogP contribution in [0.1, 0.15) is 12.8 Å². The minimum atomic E-state index is -2.28. The molecule has 0 rings (SSSR count). The lowest BCUT2D eigenvalue weighted by Crippen LogP contribution is -1.77. The quantitative estimate of drug-likeness (QED) is 0.607. The zero-order valence-corrected chi connectivity index (χ0v) is 5.89. The summed E-state index contributed by atoms with van der Waals surface area (Å²) in [4.78, 5) is 0. The predicted molar refractivity (Wildman–Crippen MR) is 34.6 cm³/mol. The highest BCUT2D eigenvalue weighted by Crippen LogP contribution is 2.18. The second-order valence-corrected chi connectivity index (χ2v) is 2.22. The Hall–Kier alpha value is -0.440. The highest BCUT2D eigenvalue weighted by Gasteiger charge is 2.03. The summed E-state index contributed by atoms with van der Waals surface area (Å²) < 4.78 is 34.5. The molecule has 58 valence electrons. The van der Waals surface area contributed by atoms with E-state index in [1.54, 1.807) is 0 Å². The lowest BCUT2D eigenvalue weighted by Gasteiger charge is -1.92. The Bertz CT molecular complexity index is 158. The van der Waals surface area contributed by atoms with Crippen molar-refractivity contribution in [2.75, 3.05) is 0 Å². The van der Waals surface area contributed by atoms with Gasteiger partial charge in [0.25, 0.3) is 0 Å². The Morgan fingerprint density at radius 3 is 2.00 bits per heavy atom. The third-order valence-corrected chi connectivity index (χ3v) is 1.01. The Kier molecular flexibility index (Phi) is 4.19. The molecule has 0 amide bonds. The van der Waals surface area contributed by atoms with E-state index in [-0.39, 0.29) is 17.9 Å². The van der Waals surface area contributed by atoms with E-state index in [1.165, 1.54) is 0 Å². The predicted octanol–water partition coefficient (Wildman–Crippen LogP) is 3.60. The van der Waals surface area contributed by atoms with Crippen LogP contribution < -0.4 is 0 Å². The van der Waals surface area contributed by atoms with Gasteiger partial charge in [0, 0.05) is 11.5 Å². The molecule has 0 fully saturated rings. The van der Waals surface area contributed by atoms with Crippen LogP contribution in [0.4, 0.5) is 13.2 Å². The van der Waals surface area contributed by atoms with Gasteiger partial charge in [0.2, 0.25) is 0 Å². The first kappa shape index (κ1) is 9.56. The van der Waals surface area contributed by atoms with E-state index < -0.39 is 11.9 Å². The summed E-state index contributed by atoms with van der Waals surface area (Å²) in [5, 5.41) is 0.177. The molecule has 0 aromatic carbocycles. The molecule has 4 heteroatoms. The van der Waals surface area contributed by atoms with Gasteiger partial charge in [-0.3, -0.25) is 0 Å². The fraction of sp³-hybridized carbons (Fsp3) is 0.333. The molecule has 0 radical (unpaired) electrons. The number of rotatable bonds is 3. The normalized spacial score (nSPS) is 9.20. The molecule has 0 aliphatic rings. The standard InChI is InChI=1S/C6H6ClF3/c1-4(7)2-3-5(8)6(9)10/h1-3H2. The van der Waals surface area contributed by atoms with E-state index in [0.29, 0.717) is 0 Å². The molecule has 10 heavy (non-hydrogen) atoms. The summed E-state index contributed by atoms with van der Waals surface area (Å²) in [5.74, 6) is -1.41. The Morgan fingerprint density at radius 2 is 1.70 bits per heavy atom. The first-order valence-corrected chi connectivity index (χ1v) is 2.94. The molecular formula is C6H6ClF3. The second kappa shape index (κ2) is 4.39. The van der Waals surface area contributed by atoms with Crippen molar-refractivity contribution in [1.82, 2.24) is 0 Å². The van der Waals surface area contributed by atoms with Gasteiger partial charge in [-0.05, 0) is 6.42 Å². The van der Waals surface area contributed by atoms with Gasteiger partial charge in [-0.25, -0.2) is 4.39 Å². The maximum atomic E-state index is 11.9. The number of halogens is 4. The number of hydrogen-bond donors (Lipinski definition) is 0. The van der Waals surface area contributed by atoms with Crippen molar-refractivity contribution in [3.63, 3.8) is 0 Å². The van der Waals surface area contributed by atoms with Crippen LogP contribution in [0.3, 0.4) is 0 Å². The van der Waals surface area contributed by atoms with Crippen molar-refractivity contribution in [2.24, 2.45) is 0 Å². The van der Waals surface area contributed by atoms with Crippen molar-refractivity contribution in [2.45, 2.75) is 12.8 Å². The van der Waals surface area contributed by atoms with Crippen LogP contribution in [-0.2, 0) is 0 Å². The molecule has 0 aromatic rings. The molecule has 0 saturated carbocycles. The third kappa shape index (κ3) is 4.44. The minimum Gasteiger partial charge on any atom is -0.206 e. The van der Waals surface area contributed by atoms with Crippen LogP contribution in [0.2, 0.25) is 0 Å².